The van der Waals surface area contributed by atoms with Crippen molar-refractivity contribution in [2.24, 2.45) is 0 Å². The van der Waals surface area contributed by atoms with E-state index in [1.807, 2.05) is 12.1 Å². The van der Waals surface area contributed by atoms with Crippen LogP contribution >= 0.6 is 15.9 Å². The molecule has 0 saturated carbocycles. The number of aromatic nitrogens is 1. The lowest BCUT2D eigenvalue weighted by molar-refractivity contribution is 0.240. The normalized spacial score (nSPS) is 10.1. The summed E-state index contributed by atoms with van der Waals surface area (Å²) in [5.74, 6) is -0.317. The van der Waals surface area contributed by atoms with E-state index < -0.39 is 0 Å². The molecule has 0 aliphatic heterocycles. The van der Waals surface area contributed by atoms with Gasteiger partial charge in [0.05, 0.1) is 0 Å². The second kappa shape index (κ2) is 7.00. The summed E-state index contributed by atoms with van der Waals surface area (Å²) in [6.07, 6.45) is 3.34. The molecular formula is C14H13BrFN3O. The highest BCUT2D eigenvalue weighted by Gasteiger charge is 2.04. The third-order valence-corrected chi connectivity index (χ3v) is 3.40. The monoisotopic (exact) mass is 337 g/mol. The van der Waals surface area contributed by atoms with Crippen molar-refractivity contribution in [3.8, 4) is 0 Å². The molecule has 20 heavy (non-hydrogen) atoms. The Morgan fingerprint density at radius 1 is 1.15 bits per heavy atom. The van der Waals surface area contributed by atoms with Gasteiger partial charge in [0.2, 0.25) is 0 Å². The number of hydrogen-bond donors (Lipinski definition) is 2. The topological polar surface area (TPSA) is 54.0 Å². The van der Waals surface area contributed by atoms with Crippen LogP contribution in [0, 0.1) is 5.82 Å². The van der Waals surface area contributed by atoms with Crippen LogP contribution in [0.4, 0.5) is 9.18 Å². The Morgan fingerprint density at radius 3 is 2.55 bits per heavy atom. The van der Waals surface area contributed by atoms with Gasteiger partial charge in [0.15, 0.2) is 0 Å². The molecule has 0 saturated heterocycles. The highest BCUT2D eigenvalue weighted by Crippen LogP contribution is 2.17. The maximum Gasteiger partial charge on any atom is 0.315 e. The number of nitrogens with one attached hydrogen (secondary N) is 2. The summed E-state index contributed by atoms with van der Waals surface area (Å²) in [7, 11) is 0. The maximum absolute atomic E-state index is 12.9. The first-order valence-electron chi connectivity index (χ1n) is 5.99. The highest BCUT2D eigenvalue weighted by molar-refractivity contribution is 9.10. The Labute approximate surface area is 124 Å². The first-order valence-corrected chi connectivity index (χ1v) is 6.79. The fraction of sp³-hybridized carbons (Fsp3) is 0.143. The third kappa shape index (κ3) is 4.31. The number of nitrogens with zero attached hydrogens (tertiary/aromatic N) is 1. The lowest BCUT2D eigenvalue weighted by Gasteiger charge is -2.09. The molecule has 0 spiro atoms. The Morgan fingerprint density at radius 2 is 1.85 bits per heavy atom. The van der Waals surface area contributed by atoms with Crippen LogP contribution in [-0.4, -0.2) is 11.0 Å². The van der Waals surface area contributed by atoms with Gasteiger partial charge in [-0.3, -0.25) is 4.98 Å². The van der Waals surface area contributed by atoms with E-state index >= 15 is 0 Å². The van der Waals surface area contributed by atoms with Crippen LogP contribution in [0.15, 0.2) is 47.2 Å². The lowest BCUT2D eigenvalue weighted by Crippen LogP contribution is -2.34. The zero-order chi connectivity index (χ0) is 14.4. The van der Waals surface area contributed by atoms with E-state index in [1.165, 1.54) is 12.1 Å². The number of carbonyl (C=O) groups excluding carboxylic acids is 1. The summed E-state index contributed by atoms with van der Waals surface area (Å²) in [6.45, 7) is 0.752. The summed E-state index contributed by atoms with van der Waals surface area (Å²) >= 11 is 3.25. The van der Waals surface area contributed by atoms with Crippen molar-refractivity contribution >= 4 is 22.0 Å². The van der Waals surface area contributed by atoms with Crippen LogP contribution in [-0.2, 0) is 13.1 Å². The molecule has 104 valence electrons. The van der Waals surface area contributed by atoms with Gasteiger partial charge in [0.25, 0.3) is 0 Å². The molecule has 0 aliphatic rings. The van der Waals surface area contributed by atoms with Crippen LogP contribution in [0.25, 0.3) is 0 Å². The number of amides is 2. The van der Waals surface area contributed by atoms with Gasteiger partial charge >= 0.3 is 6.03 Å². The molecule has 0 atom stereocenters. The van der Waals surface area contributed by atoms with E-state index in [0.29, 0.717) is 17.6 Å². The molecule has 0 bridgehead atoms. The minimum atomic E-state index is -0.317. The second-order valence-electron chi connectivity index (χ2n) is 4.13. The molecule has 0 aliphatic carbocycles. The minimum Gasteiger partial charge on any atom is -0.334 e. The first kappa shape index (κ1) is 14.5. The number of rotatable bonds is 4. The van der Waals surface area contributed by atoms with Crippen molar-refractivity contribution in [1.29, 1.82) is 0 Å². The highest BCUT2D eigenvalue weighted by atomic mass is 79.9. The van der Waals surface area contributed by atoms with Crippen molar-refractivity contribution in [3.63, 3.8) is 0 Å². The van der Waals surface area contributed by atoms with Gasteiger partial charge in [-0.15, -0.1) is 0 Å². The number of pyridine rings is 1. The zero-order valence-electron chi connectivity index (χ0n) is 10.6. The SMILES string of the molecule is O=C(NCc1ccncc1)NCc1ccc(F)cc1Br. The second-order valence-corrected chi connectivity index (χ2v) is 4.98. The molecule has 6 heteroatoms. The molecule has 0 unspecified atom stereocenters. The molecule has 2 aromatic rings. The van der Waals surface area contributed by atoms with Gasteiger partial charge in [0, 0.05) is 30.0 Å². The van der Waals surface area contributed by atoms with Crippen LogP contribution in [0.2, 0.25) is 0 Å². The van der Waals surface area contributed by atoms with Gasteiger partial charge in [-0.05, 0) is 35.4 Å². The number of benzene rings is 1. The van der Waals surface area contributed by atoms with Crippen LogP contribution in [0.1, 0.15) is 11.1 Å². The van der Waals surface area contributed by atoms with Crippen molar-refractivity contribution in [3.05, 3.63) is 64.1 Å². The summed E-state index contributed by atoms with van der Waals surface area (Å²) < 4.78 is 13.6. The first-order chi connectivity index (χ1) is 9.65. The zero-order valence-corrected chi connectivity index (χ0v) is 12.2. The Hall–Kier alpha value is -1.95. The Balaban J connectivity index is 1.80. The van der Waals surface area contributed by atoms with Crippen molar-refractivity contribution in [2.45, 2.75) is 13.1 Å². The Kier molecular flexibility index (Phi) is 5.06. The summed E-state index contributed by atoms with van der Waals surface area (Å²) in [6, 6.07) is 7.73. The third-order valence-electron chi connectivity index (χ3n) is 2.66. The van der Waals surface area contributed by atoms with Crippen molar-refractivity contribution in [1.82, 2.24) is 15.6 Å². The number of hydrogen-bond acceptors (Lipinski definition) is 2. The quantitative estimate of drug-likeness (QED) is 0.901. The van der Waals surface area contributed by atoms with E-state index in [4.69, 9.17) is 0 Å². The average molecular weight is 338 g/mol. The van der Waals surface area contributed by atoms with E-state index in [1.54, 1.807) is 18.5 Å². The molecule has 0 radical (unpaired) electrons. The summed E-state index contributed by atoms with van der Waals surface area (Å²) in [4.78, 5) is 15.5. The lowest BCUT2D eigenvalue weighted by atomic mass is 10.2. The van der Waals surface area contributed by atoms with Gasteiger partial charge in [0.1, 0.15) is 5.82 Å². The molecule has 1 aromatic carbocycles. The minimum absolute atomic E-state index is 0.280. The number of carbonyl (C=O) groups is 1. The van der Waals surface area contributed by atoms with E-state index in [9.17, 15) is 9.18 Å². The predicted octanol–water partition coefficient (Wildman–Crippen LogP) is 2.98. The molecule has 2 rings (SSSR count). The molecule has 0 fully saturated rings. The fourth-order valence-electron chi connectivity index (χ4n) is 1.59. The van der Waals surface area contributed by atoms with E-state index in [0.717, 1.165) is 11.1 Å². The van der Waals surface area contributed by atoms with Gasteiger partial charge < -0.3 is 10.6 Å². The maximum atomic E-state index is 12.9. The van der Waals surface area contributed by atoms with Crippen molar-refractivity contribution < 1.29 is 9.18 Å². The average Bonchev–Trinajstić information content (AvgIpc) is 2.45. The summed E-state index contributed by atoms with van der Waals surface area (Å²) in [5.41, 5.74) is 1.78. The largest absolute Gasteiger partial charge is 0.334 e. The van der Waals surface area contributed by atoms with Crippen LogP contribution < -0.4 is 10.6 Å². The molecule has 2 N–H and O–H groups in total. The van der Waals surface area contributed by atoms with E-state index in [-0.39, 0.29) is 11.8 Å². The molecular weight excluding hydrogens is 325 g/mol. The molecule has 1 heterocycles. The summed E-state index contributed by atoms with van der Waals surface area (Å²) in [5, 5.41) is 5.44. The van der Waals surface area contributed by atoms with Crippen LogP contribution in [0.5, 0.6) is 0 Å². The standard InChI is InChI=1S/C14H13BrFN3O/c15-13-7-12(16)2-1-11(13)9-19-14(20)18-8-10-3-5-17-6-4-10/h1-7H,8-9H2,(H2,18,19,20). The smallest absolute Gasteiger partial charge is 0.315 e. The molecule has 1 aromatic heterocycles. The Bertz CT molecular complexity index is 592. The number of halogens is 2. The van der Waals surface area contributed by atoms with Gasteiger partial charge in [-0.25, -0.2) is 9.18 Å². The van der Waals surface area contributed by atoms with E-state index in [2.05, 4.69) is 31.5 Å². The van der Waals surface area contributed by atoms with Gasteiger partial charge in [-0.1, -0.05) is 22.0 Å². The molecule has 2 amide bonds. The predicted molar refractivity (Wildman–Crippen MR) is 77.4 cm³/mol. The number of urea groups is 1. The van der Waals surface area contributed by atoms with Gasteiger partial charge in [-0.2, -0.15) is 0 Å². The fourth-order valence-corrected chi connectivity index (χ4v) is 2.08. The van der Waals surface area contributed by atoms with Crippen molar-refractivity contribution in [2.75, 3.05) is 0 Å². The van der Waals surface area contributed by atoms with Crippen LogP contribution in [0.3, 0.4) is 0 Å². The molecule has 4 nitrogen and oxygen atoms in total.